The molecule has 3 atom stereocenters. The zero-order valence-electron chi connectivity index (χ0n) is 17.7. The minimum absolute atomic E-state index is 0.206. The third-order valence-electron chi connectivity index (χ3n) is 6.28. The summed E-state index contributed by atoms with van der Waals surface area (Å²) in [6.45, 7) is 3.93. The molecule has 1 aliphatic heterocycles. The number of rotatable bonds is 4. The van der Waals surface area contributed by atoms with Crippen LogP contribution in [0.1, 0.15) is 40.6 Å². The maximum atomic E-state index is 13.1. The predicted molar refractivity (Wildman–Crippen MR) is 126 cm³/mol. The normalized spacial score (nSPS) is 21.8. The van der Waals surface area contributed by atoms with Crippen LogP contribution in [0.4, 0.5) is 11.4 Å². The third kappa shape index (κ3) is 3.74. The van der Waals surface area contributed by atoms with Gasteiger partial charge in [-0.05, 0) is 78.8 Å². The highest BCUT2D eigenvalue weighted by Crippen LogP contribution is 2.50. The summed E-state index contributed by atoms with van der Waals surface area (Å²) in [5.74, 6) is 0.582. The topological polar surface area (TPSA) is 58.2 Å². The zero-order chi connectivity index (χ0) is 21.6. The predicted octanol–water partition coefficient (Wildman–Crippen LogP) is 5.93. The van der Waals surface area contributed by atoms with Gasteiger partial charge in [-0.3, -0.25) is 4.72 Å². The Morgan fingerprint density at radius 2 is 1.68 bits per heavy atom. The number of aryl methyl sites for hydroxylation is 2. The summed E-state index contributed by atoms with van der Waals surface area (Å²) < 4.78 is 29.0. The molecule has 3 aromatic carbocycles. The van der Waals surface area contributed by atoms with Crippen molar-refractivity contribution in [3.8, 4) is 0 Å². The van der Waals surface area contributed by atoms with Gasteiger partial charge in [-0.25, -0.2) is 8.42 Å². The van der Waals surface area contributed by atoms with Gasteiger partial charge < -0.3 is 5.32 Å². The van der Waals surface area contributed by atoms with Gasteiger partial charge in [0.2, 0.25) is 0 Å². The molecule has 1 heterocycles. The molecule has 0 spiro atoms. The number of benzene rings is 3. The highest BCUT2D eigenvalue weighted by molar-refractivity contribution is 7.92. The van der Waals surface area contributed by atoms with Gasteiger partial charge >= 0.3 is 0 Å². The molecule has 158 valence electrons. The van der Waals surface area contributed by atoms with Crippen molar-refractivity contribution in [2.75, 3.05) is 10.0 Å². The fourth-order valence-corrected chi connectivity index (χ4v) is 6.05. The Labute approximate surface area is 184 Å². The van der Waals surface area contributed by atoms with Crippen molar-refractivity contribution in [2.24, 2.45) is 5.92 Å². The molecule has 0 bridgehead atoms. The van der Waals surface area contributed by atoms with Crippen molar-refractivity contribution in [1.29, 1.82) is 0 Å². The van der Waals surface area contributed by atoms with Gasteiger partial charge in [-0.1, -0.05) is 48.6 Å². The second-order valence-corrected chi connectivity index (χ2v) is 10.3. The smallest absolute Gasteiger partial charge is 0.261 e. The van der Waals surface area contributed by atoms with E-state index in [-0.39, 0.29) is 12.0 Å². The maximum Gasteiger partial charge on any atom is 0.261 e. The number of sulfonamides is 1. The zero-order valence-corrected chi connectivity index (χ0v) is 18.5. The Morgan fingerprint density at radius 3 is 2.42 bits per heavy atom. The Kier molecular flexibility index (Phi) is 4.86. The number of anilines is 2. The van der Waals surface area contributed by atoms with Crippen molar-refractivity contribution in [3.05, 3.63) is 101 Å². The monoisotopic (exact) mass is 430 g/mol. The van der Waals surface area contributed by atoms with Crippen molar-refractivity contribution < 1.29 is 8.42 Å². The highest BCUT2D eigenvalue weighted by Gasteiger charge is 2.38. The largest absolute Gasteiger partial charge is 0.378 e. The molecule has 0 amide bonds. The van der Waals surface area contributed by atoms with E-state index in [0.29, 0.717) is 16.5 Å². The number of fused-ring (bicyclic) bond motifs is 3. The van der Waals surface area contributed by atoms with Gasteiger partial charge in [-0.2, -0.15) is 0 Å². The highest BCUT2D eigenvalue weighted by atomic mass is 32.2. The summed E-state index contributed by atoms with van der Waals surface area (Å²) in [7, 11) is -3.68. The quantitative estimate of drug-likeness (QED) is 0.504. The Bertz CT molecular complexity index is 1250. The Balaban J connectivity index is 1.49. The van der Waals surface area contributed by atoms with E-state index in [4.69, 9.17) is 0 Å². The lowest BCUT2D eigenvalue weighted by atomic mass is 9.77. The number of hydrogen-bond donors (Lipinski definition) is 2. The Morgan fingerprint density at radius 1 is 0.935 bits per heavy atom. The summed E-state index contributed by atoms with van der Waals surface area (Å²) >= 11 is 0. The first-order valence-electron chi connectivity index (χ1n) is 10.6. The number of hydrogen-bond acceptors (Lipinski definition) is 3. The van der Waals surface area contributed by atoms with Crippen LogP contribution in [0.15, 0.2) is 83.8 Å². The van der Waals surface area contributed by atoms with Crippen molar-refractivity contribution in [3.63, 3.8) is 0 Å². The van der Waals surface area contributed by atoms with Crippen LogP contribution >= 0.6 is 0 Å². The third-order valence-corrected chi connectivity index (χ3v) is 7.66. The van der Waals surface area contributed by atoms with Gasteiger partial charge in [0.1, 0.15) is 0 Å². The summed E-state index contributed by atoms with van der Waals surface area (Å²) in [6.07, 6.45) is 5.43. The van der Waals surface area contributed by atoms with Crippen LogP contribution < -0.4 is 10.0 Å². The molecule has 1 aliphatic carbocycles. The molecule has 0 aromatic heterocycles. The van der Waals surface area contributed by atoms with Crippen LogP contribution in [-0.4, -0.2) is 8.42 Å². The van der Waals surface area contributed by atoms with Crippen LogP contribution in [0.25, 0.3) is 0 Å². The molecule has 0 radical (unpaired) electrons. The van der Waals surface area contributed by atoms with Crippen molar-refractivity contribution >= 4 is 21.4 Å². The number of allylic oxidation sites excluding steroid dienone is 2. The second-order valence-electron chi connectivity index (χ2n) is 8.62. The van der Waals surface area contributed by atoms with E-state index in [2.05, 4.69) is 46.5 Å². The second kappa shape index (κ2) is 7.57. The first-order chi connectivity index (χ1) is 14.9. The van der Waals surface area contributed by atoms with Gasteiger partial charge in [0.15, 0.2) is 0 Å². The van der Waals surface area contributed by atoms with Crippen molar-refractivity contribution in [2.45, 2.75) is 37.1 Å². The van der Waals surface area contributed by atoms with Gasteiger partial charge in [0, 0.05) is 17.3 Å². The minimum atomic E-state index is -3.68. The SMILES string of the molecule is Cc1cc(C)cc(NS(=O)(=O)c2ccc3c(c2)[C@H]2C=CC[C@H]2[C@@H](c2ccccc2)N3)c1. The molecule has 4 nitrogen and oxygen atoms in total. The molecule has 3 aromatic rings. The molecular weight excluding hydrogens is 404 g/mol. The fourth-order valence-electron chi connectivity index (χ4n) is 4.98. The molecule has 5 rings (SSSR count). The molecule has 0 saturated heterocycles. The van der Waals surface area contributed by atoms with Crippen LogP contribution in [0.3, 0.4) is 0 Å². The minimum Gasteiger partial charge on any atom is -0.378 e. The van der Waals surface area contributed by atoms with Crippen LogP contribution in [0.2, 0.25) is 0 Å². The van der Waals surface area contributed by atoms with Crippen molar-refractivity contribution in [1.82, 2.24) is 0 Å². The van der Waals surface area contributed by atoms with Gasteiger partial charge in [0.05, 0.1) is 10.9 Å². The molecule has 2 N–H and O–H groups in total. The average Bonchev–Trinajstić information content (AvgIpc) is 3.22. The van der Waals surface area contributed by atoms with E-state index in [0.717, 1.165) is 28.8 Å². The van der Waals surface area contributed by atoms with E-state index in [1.165, 1.54) is 5.56 Å². The summed E-state index contributed by atoms with van der Waals surface area (Å²) in [5.41, 5.74) is 5.97. The van der Waals surface area contributed by atoms with E-state index >= 15 is 0 Å². The molecule has 2 aliphatic rings. The van der Waals surface area contributed by atoms with Crippen LogP contribution in [-0.2, 0) is 10.0 Å². The first-order valence-corrected chi connectivity index (χ1v) is 12.1. The van der Waals surface area contributed by atoms with E-state index in [9.17, 15) is 8.42 Å². The molecule has 0 saturated carbocycles. The lowest BCUT2D eigenvalue weighted by Crippen LogP contribution is -2.29. The number of nitrogens with one attached hydrogen (secondary N) is 2. The summed E-state index contributed by atoms with van der Waals surface area (Å²) in [5, 5.41) is 3.67. The lowest BCUT2D eigenvalue weighted by Gasteiger charge is -2.37. The van der Waals surface area contributed by atoms with E-state index in [1.807, 2.05) is 50.2 Å². The molecule has 5 heteroatoms. The maximum absolute atomic E-state index is 13.1. The fraction of sp³-hybridized carbons (Fsp3) is 0.231. The average molecular weight is 431 g/mol. The molecular formula is C26H26N2O2S. The standard InChI is InChI=1S/C26H26N2O2S/c1-17-13-18(2)15-20(14-17)28-31(29,30)21-11-12-25-24(16-21)22-9-6-10-23(22)26(27-25)19-7-4-3-5-8-19/h3-9,11-16,22-23,26-28H,10H2,1-2H3/t22-,23+,26+/m0/s1. The van der Waals surface area contributed by atoms with E-state index in [1.54, 1.807) is 6.07 Å². The van der Waals surface area contributed by atoms with E-state index < -0.39 is 10.0 Å². The van der Waals surface area contributed by atoms with Gasteiger partial charge in [-0.15, -0.1) is 0 Å². The summed E-state index contributed by atoms with van der Waals surface area (Å²) in [4.78, 5) is 0.296. The van der Waals surface area contributed by atoms with Crippen LogP contribution in [0, 0.1) is 19.8 Å². The Hall–Kier alpha value is -3.05. The lowest BCUT2D eigenvalue weighted by molar-refractivity contribution is 0.425. The molecule has 31 heavy (non-hydrogen) atoms. The van der Waals surface area contributed by atoms with Crippen LogP contribution in [0.5, 0.6) is 0 Å². The van der Waals surface area contributed by atoms with Gasteiger partial charge in [0.25, 0.3) is 10.0 Å². The first kappa shape index (κ1) is 19.9. The molecule has 0 unspecified atom stereocenters. The summed E-state index contributed by atoms with van der Waals surface area (Å²) in [6, 6.07) is 21.9. The molecule has 0 fully saturated rings.